The number of pyridine rings is 1. The summed E-state index contributed by atoms with van der Waals surface area (Å²) in [5.74, 6) is -0.0401. The number of ether oxygens (including phenoxy) is 2. The minimum Gasteiger partial charge on any atom is -0.506 e. The molecule has 2 amide bonds. The van der Waals surface area contributed by atoms with Crippen LogP contribution in [0, 0.1) is 6.92 Å². The minimum atomic E-state index is -3.99. The van der Waals surface area contributed by atoms with Crippen LogP contribution in [-0.4, -0.2) is 65.4 Å². The second-order valence-corrected chi connectivity index (χ2v) is 24.2. The molecule has 0 radical (unpaired) electrons. The first kappa shape index (κ1) is 45.8. The van der Waals surface area contributed by atoms with Crippen molar-refractivity contribution in [1.29, 1.82) is 0 Å². The number of nitrogens with one attached hydrogen (secondary N) is 3. The van der Waals surface area contributed by atoms with Crippen molar-refractivity contribution < 1.29 is 37.0 Å². The number of methoxy groups -OCH3 is 1. The monoisotopic (exact) mass is 901 g/mol. The number of phenols is 1. The Kier molecular flexibility index (Phi) is 13.2. The van der Waals surface area contributed by atoms with Gasteiger partial charge in [0.2, 0.25) is 9.84 Å². The summed E-state index contributed by atoms with van der Waals surface area (Å²) in [5, 5.41) is 20.4. The fraction of sp³-hybridized carbons (Fsp3) is 0.286. The van der Waals surface area contributed by atoms with Crippen molar-refractivity contribution in [2.75, 3.05) is 37.4 Å². The Hall–Kier alpha value is -6.26. The molecular weight excluding hydrogens is 847 g/mol. The molecule has 1 aromatic heterocycles. The highest BCUT2D eigenvalue weighted by atomic mass is 32.2. The molecule has 7 rings (SSSR count). The van der Waals surface area contributed by atoms with E-state index in [0.717, 1.165) is 41.6 Å². The summed E-state index contributed by atoms with van der Waals surface area (Å²) in [5.41, 5.74) is 12.0. The van der Waals surface area contributed by atoms with E-state index in [4.69, 9.17) is 19.6 Å². The third kappa shape index (κ3) is 9.77. The summed E-state index contributed by atoms with van der Waals surface area (Å²) in [6.45, 7) is 13.9. The number of carbonyl (C=O) groups excluding carboxylic acids is 2. The van der Waals surface area contributed by atoms with Gasteiger partial charge in [-0.3, -0.25) is 14.6 Å². The van der Waals surface area contributed by atoms with Gasteiger partial charge < -0.3 is 40.7 Å². The highest BCUT2D eigenvalue weighted by Crippen LogP contribution is 2.46. The van der Waals surface area contributed by atoms with Crippen LogP contribution in [0.4, 0.5) is 17.1 Å². The van der Waals surface area contributed by atoms with E-state index in [1.165, 1.54) is 12.3 Å². The highest BCUT2D eigenvalue weighted by molar-refractivity contribution is 7.91. The molecule has 0 saturated heterocycles. The molecule has 1 aliphatic heterocycles. The molecule has 334 valence electrons. The van der Waals surface area contributed by atoms with Crippen LogP contribution in [0.1, 0.15) is 60.3 Å². The molecule has 0 bridgehead atoms. The van der Waals surface area contributed by atoms with Crippen LogP contribution in [-0.2, 0) is 25.5 Å². The molecule has 15 heteroatoms. The maximum absolute atomic E-state index is 14.1. The lowest BCUT2D eigenvalue weighted by Crippen LogP contribution is -2.43. The van der Waals surface area contributed by atoms with E-state index in [9.17, 15) is 23.1 Å². The van der Waals surface area contributed by atoms with Gasteiger partial charge in [-0.1, -0.05) is 63.2 Å². The molecule has 0 fully saturated rings. The van der Waals surface area contributed by atoms with Crippen LogP contribution < -0.4 is 31.2 Å². The molecule has 2 heterocycles. The fourth-order valence-electron chi connectivity index (χ4n) is 7.43. The number of nitrogens with two attached hydrogens (primary N) is 1. The number of carbonyl (C=O) groups is 2. The zero-order chi connectivity index (χ0) is 46.0. The van der Waals surface area contributed by atoms with Gasteiger partial charge in [0, 0.05) is 35.4 Å². The van der Waals surface area contributed by atoms with Crippen molar-refractivity contribution in [1.82, 2.24) is 10.3 Å². The van der Waals surface area contributed by atoms with Crippen LogP contribution in [0.2, 0.25) is 18.1 Å². The molecule has 5 aromatic carbocycles. The van der Waals surface area contributed by atoms with E-state index in [1.807, 2.05) is 18.2 Å². The quantitative estimate of drug-likeness (QED) is 0.0354. The van der Waals surface area contributed by atoms with Crippen molar-refractivity contribution in [3.8, 4) is 28.4 Å². The van der Waals surface area contributed by atoms with Gasteiger partial charge in [0.25, 0.3) is 11.8 Å². The first-order valence-electron chi connectivity index (χ1n) is 21.1. The molecule has 0 spiro atoms. The Morgan fingerprint density at radius 1 is 0.984 bits per heavy atom. The summed E-state index contributed by atoms with van der Waals surface area (Å²) in [6.07, 6.45) is 2.73. The van der Waals surface area contributed by atoms with Crippen molar-refractivity contribution in [2.45, 2.75) is 74.6 Å². The van der Waals surface area contributed by atoms with Gasteiger partial charge in [0.15, 0.2) is 20.7 Å². The maximum Gasteiger partial charge on any atom is 0.262 e. The Morgan fingerprint density at radius 2 is 1.69 bits per heavy atom. The molecule has 0 aliphatic carbocycles. The van der Waals surface area contributed by atoms with E-state index in [0.29, 0.717) is 45.9 Å². The lowest BCUT2D eigenvalue weighted by atomic mass is 10.0. The predicted molar refractivity (Wildman–Crippen MR) is 253 cm³/mol. The summed E-state index contributed by atoms with van der Waals surface area (Å²) >= 11 is 0. The molecule has 13 nitrogen and oxygen atoms in total. The second kappa shape index (κ2) is 18.5. The number of phenolic OH excluding ortho intramolecular Hbond substituents is 1. The number of benzene rings is 5. The highest BCUT2D eigenvalue weighted by Gasteiger charge is 2.40. The second-order valence-electron chi connectivity index (χ2n) is 17.5. The van der Waals surface area contributed by atoms with Gasteiger partial charge >= 0.3 is 0 Å². The number of aromatic hydroxyl groups is 1. The Morgan fingerprint density at radius 3 is 2.36 bits per heavy atom. The molecular formula is C49H55N5O8SSi. The van der Waals surface area contributed by atoms with Crippen molar-refractivity contribution in [3.05, 3.63) is 126 Å². The number of hydrogen-bond donors (Lipinski definition) is 5. The van der Waals surface area contributed by atoms with Crippen LogP contribution in [0.15, 0.2) is 113 Å². The summed E-state index contributed by atoms with van der Waals surface area (Å²) < 4.78 is 46.4. The topological polar surface area (TPSA) is 191 Å². The number of nitrogens with zero attached hydrogens (tertiary/aromatic N) is 1. The lowest BCUT2D eigenvalue weighted by molar-refractivity contribution is -0.118. The van der Waals surface area contributed by atoms with Crippen molar-refractivity contribution >= 4 is 57.9 Å². The number of rotatable bonds is 16. The number of primary amides is 1. The Balaban J connectivity index is 1.02. The van der Waals surface area contributed by atoms with Gasteiger partial charge in [-0.2, -0.15) is 0 Å². The Bertz CT molecular complexity index is 2830. The summed E-state index contributed by atoms with van der Waals surface area (Å²) in [4.78, 5) is 29.3. The standard InChI is InChI=1S/C49H55N5O8SSi/c1-30-24-37(26-39-44(30)52-27-40(48(50)57)45(39)53-34-11-8-12-35(25-34)60-5)63(58,59)36-19-17-33(18-20-36)32-15-13-31(14-16-32)10-9-23-51-28-42(62-64(6,7)49(2,3)4)38-21-22-41(55)46-47(38)61-29-43(56)54-46/h8,11-22,24-27,42,51,55H,9-10,23,28-29H2,1-7H3,(H2,50,57)(H,52,53)(H,54,56)/t42-/m0/s1. The predicted octanol–water partition coefficient (Wildman–Crippen LogP) is 9.22. The van der Waals surface area contributed by atoms with E-state index in [2.05, 4.69) is 66.9 Å². The smallest absolute Gasteiger partial charge is 0.262 e. The van der Waals surface area contributed by atoms with E-state index >= 15 is 0 Å². The third-order valence-corrected chi connectivity index (χ3v) is 18.3. The maximum atomic E-state index is 14.1. The number of anilines is 3. The molecule has 1 aliphatic rings. The van der Waals surface area contributed by atoms with Gasteiger partial charge in [0.1, 0.15) is 17.2 Å². The number of fused-ring (bicyclic) bond motifs is 2. The van der Waals surface area contributed by atoms with Crippen molar-refractivity contribution in [2.24, 2.45) is 5.73 Å². The van der Waals surface area contributed by atoms with Gasteiger partial charge in [-0.15, -0.1) is 0 Å². The van der Waals surface area contributed by atoms with E-state index < -0.39 is 24.1 Å². The third-order valence-electron chi connectivity index (χ3n) is 12.0. The van der Waals surface area contributed by atoms with Crippen LogP contribution >= 0.6 is 0 Å². The zero-order valence-corrected chi connectivity index (χ0v) is 39.0. The molecule has 0 saturated carbocycles. The van der Waals surface area contributed by atoms with Crippen LogP contribution in [0.5, 0.6) is 17.2 Å². The first-order valence-corrected chi connectivity index (χ1v) is 25.5. The van der Waals surface area contributed by atoms with Gasteiger partial charge in [-0.25, -0.2) is 8.42 Å². The molecule has 0 unspecified atom stereocenters. The number of hydrogen-bond acceptors (Lipinski definition) is 11. The van der Waals surface area contributed by atoms with E-state index in [1.54, 1.807) is 74.7 Å². The van der Waals surface area contributed by atoms with Crippen LogP contribution in [0.3, 0.4) is 0 Å². The zero-order valence-electron chi connectivity index (χ0n) is 37.2. The number of sulfone groups is 1. The summed E-state index contributed by atoms with van der Waals surface area (Å²) in [6, 6.07) is 28.7. The van der Waals surface area contributed by atoms with Crippen LogP contribution in [0.25, 0.3) is 22.0 Å². The Labute approximate surface area is 375 Å². The normalized spacial score (nSPS) is 13.5. The number of aromatic nitrogens is 1. The number of amides is 2. The molecule has 6 aromatic rings. The minimum absolute atomic E-state index is 0.0408. The average molecular weight is 902 g/mol. The van der Waals surface area contributed by atoms with Crippen molar-refractivity contribution in [3.63, 3.8) is 0 Å². The summed E-state index contributed by atoms with van der Waals surface area (Å²) in [7, 11) is -4.67. The SMILES string of the molecule is COc1cccc(Nc2c(C(N)=O)cnc3c(C)cc(S(=O)(=O)c4ccc(-c5ccc(CCCNC[C@H](O[Si](C)(C)C(C)(C)C)c6ccc(O)c7c6OCC(=O)N7)cc5)cc4)cc23)c1. The van der Waals surface area contributed by atoms with Gasteiger partial charge in [-0.05, 0) is 115 Å². The first-order chi connectivity index (χ1) is 30.4. The van der Waals surface area contributed by atoms with Gasteiger partial charge in [0.05, 0.1) is 39.8 Å². The number of aryl methyl sites for hydroxylation is 2. The fourth-order valence-corrected chi connectivity index (χ4v) is 10.1. The largest absolute Gasteiger partial charge is 0.506 e. The lowest BCUT2D eigenvalue weighted by Gasteiger charge is -2.40. The molecule has 6 N–H and O–H groups in total. The van der Waals surface area contributed by atoms with E-state index in [-0.39, 0.29) is 50.4 Å². The molecule has 1 atom stereocenters. The average Bonchev–Trinajstić information content (AvgIpc) is 3.26. The molecule has 64 heavy (non-hydrogen) atoms.